The molecule has 3 N–H and O–H groups in total. The van der Waals surface area contributed by atoms with Crippen molar-refractivity contribution < 1.29 is 10.2 Å². The predicted octanol–water partition coefficient (Wildman–Crippen LogP) is 2.39. The number of aromatic nitrogens is 2. The summed E-state index contributed by atoms with van der Waals surface area (Å²) in [6.45, 7) is 1.86. The molecule has 0 bridgehead atoms. The van der Waals surface area contributed by atoms with Crippen LogP contribution in [0.1, 0.15) is 17.9 Å². The first-order valence-corrected chi connectivity index (χ1v) is 9.33. The third-order valence-corrected chi connectivity index (χ3v) is 5.18. The van der Waals surface area contributed by atoms with Gasteiger partial charge in [-0.25, -0.2) is 9.97 Å². The third kappa shape index (κ3) is 3.86. The molecule has 1 aliphatic heterocycles. The number of rotatable bonds is 5. The van der Waals surface area contributed by atoms with Gasteiger partial charge in [0, 0.05) is 31.6 Å². The van der Waals surface area contributed by atoms with Gasteiger partial charge < -0.3 is 20.4 Å². The van der Waals surface area contributed by atoms with Crippen LogP contribution >= 0.6 is 0 Å². The molecular formula is C21H24N4O2. The minimum Gasteiger partial charge on any atom is -0.395 e. The van der Waals surface area contributed by atoms with Gasteiger partial charge in [0.25, 0.3) is 0 Å². The minimum atomic E-state index is -0.455. The van der Waals surface area contributed by atoms with Crippen molar-refractivity contribution in [1.82, 2.24) is 9.97 Å². The van der Waals surface area contributed by atoms with E-state index in [2.05, 4.69) is 50.5 Å². The van der Waals surface area contributed by atoms with E-state index in [4.69, 9.17) is 5.11 Å². The second-order valence-corrected chi connectivity index (χ2v) is 6.93. The molecule has 1 saturated heterocycles. The molecule has 1 aliphatic rings. The Hall–Kier alpha value is -2.70. The van der Waals surface area contributed by atoms with E-state index in [1.807, 2.05) is 18.2 Å². The number of aliphatic hydroxyl groups excluding tert-OH is 2. The summed E-state index contributed by atoms with van der Waals surface area (Å²) in [5, 5.41) is 25.2. The van der Waals surface area contributed by atoms with E-state index in [9.17, 15) is 5.11 Å². The number of nitrogens with zero attached hydrogens (tertiary/aromatic N) is 3. The van der Waals surface area contributed by atoms with Crippen LogP contribution < -0.4 is 10.2 Å². The molecule has 0 amide bonds. The smallest absolute Gasteiger partial charge is 0.134 e. The maximum Gasteiger partial charge on any atom is 0.134 e. The maximum absolute atomic E-state index is 10.8. The lowest BCUT2D eigenvalue weighted by atomic mass is 9.86. The summed E-state index contributed by atoms with van der Waals surface area (Å²) in [5.41, 5.74) is 1.19. The number of benzene rings is 2. The molecule has 4 rings (SSSR count). The lowest BCUT2D eigenvalue weighted by Gasteiger charge is -2.37. The average molecular weight is 364 g/mol. The first kappa shape index (κ1) is 17.7. The molecule has 3 aromatic rings. The van der Waals surface area contributed by atoms with Gasteiger partial charge in [-0.3, -0.25) is 0 Å². The number of hydrogen-bond acceptors (Lipinski definition) is 6. The fourth-order valence-corrected chi connectivity index (χ4v) is 3.77. The van der Waals surface area contributed by atoms with Crippen LogP contribution in [0.5, 0.6) is 0 Å². The van der Waals surface area contributed by atoms with Crippen molar-refractivity contribution in [1.29, 1.82) is 0 Å². The number of hydrogen-bond donors (Lipinski definition) is 3. The molecule has 0 spiro atoms. The number of β-amino-alcohol motifs (C(OH)–C–C–N with tert-alkyl or cyclic N) is 1. The van der Waals surface area contributed by atoms with Crippen LogP contribution in [0.2, 0.25) is 0 Å². The fourth-order valence-electron chi connectivity index (χ4n) is 3.77. The van der Waals surface area contributed by atoms with Crippen LogP contribution in [-0.4, -0.2) is 52.5 Å². The van der Waals surface area contributed by atoms with Crippen molar-refractivity contribution in [3.63, 3.8) is 0 Å². The largest absolute Gasteiger partial charge is 0.395 e. The predicted molar refractivity (Wildman–Crippen MR) is 107 cm³/mol. The van der Waals surface area contributed by atoms with Gasteiger partial charge in [-0.1, -0.05) is 42.5 Å². The van der Waals surface area contributed by atoms with Crippen molar-refractivity contribution in [3.05, 3.63) is 60.4 Å². The first-order chi connectivity index (χ1) is 13.2. The van der Waals surface area contributed by atoms with Gasteiger partial charge in [0.05, 0.1) is 12.7 Å². The minimum absolute atomic E-state index is 0.0508. The Morgan fingerprint density at radius 2 is 1.93 bits per heavy atom. The summed E-state index contributed by atoms with van der Waals surface area (Å²) in [6.07, 6.45) is 1.92. The monoisotopic (exact) mass is 364 g/mol. The number of piperidine rings is 1. The van der Waals surface area contributed by atoms with E-state index in [0.717, 1.165) is 18.8 Å². The highest BCUT2D eigenvalue weighted by molar-refractivity contribution is 5.83. The van der Waals surface area contributed by atoms with Gasteiger partial charge in [0.1, 0.15) is 18.0 Å². The van der Waals surface area contributed by atoms with Crippen molar-refractivity contribution >= 4 is 22.4 Å². The average Bonchev–Trinajstić information content (AvgIpc) is 2.72. The summed E-state index contributed by atoms with van der Waals surface area (Å²) in [5.74, 6) is 1.60. The summed E-state index contributed by atoms with van der Waals surface area (Å²) in [6, 6.07) is 16.6. The van der Waals surface area contributed by atoms with E-state index >= 15 is 0 Å². The van der Waals surface area contributed by atoms with Gasteiger partial charge in [-0.05, 0) is 22.8 Å². The maximum atomic E-state index is 10.8. The molecule has 6 nitrogen and oxygen atoms in total. The van der Waals surface area contributed by atoms with Gasteiger partial charge in [0.15, 0.2) is 0 Å². The quantitative estimate of drug-likeness (QED) is 0.645. The SMILES string of the molecule is OCCNc1cc(N2CC[C@@H](c3ccc4ccccc4c3)[C@H](O)C2)ncn1. The topological polar surface area (TPSA) is 81.5 Å². The molecule has 0 aliphatic carbocycles. The number of fused-ring (bicyclic) bond motifs is 1. The second kappa shape index (κ2) is 7.90. The van der Waals surface area contributed by atoms with Crippen LogP contribution in [0.15, 0.2) is 54.9 Å². The Morgan fingerprint density at radius 1 is 1.07 bits per heavy atom. The summed E-state index contributed by atoms with van der Waals surface area (Å²) in [4.78, 5) is 10.6. The van der Waals surface area contributed by atoms with Gasteiger partial charge >= 0.3 is 0 Å². The van der Waals surface area contributed by atoms with Crippen molar-refractivity contribution in [2.24, 2.45) is 0 Å². The normalized spacial score (nSPS) is 20.0. The van der Waals surface area contributed by atoms with Crippen molar-refractivity contribution in [2.45, 2.75) is 18.4 Å². The Bertz CT molecular complexity index is 917. The summed E-state index contributed by atoms with van der Waals surface area (Å²) >= 11 is 0. The highest BCUT2D eigenvalue weighted by Crippen LogP contribution is 2.32. The number of anilines is 2. The van der Waals surface area contributed by atoms with Crippen molar-refractivity contribution in [3.8, 4) is 0 Å². The molecule has 0 unspecified atom stereocenters. The van der Waals surface area contributed by atoms with Crippen molar-refractivity contribution in [2.75, 3.05) is 36.5 Å². The molecule has 1 fully saturated rings. The third-order valence-electron chi connectivity index (χ3n) is 5.18. The van der Waals surface area contributed by atoms with Crippen LogP contribution in [0.4, 0.5) is 11.6 Å². The van der Waals surface area contributed by atoms with Gasteiger partial charge in [-0.2, -0.15) is 0 Å². The number of nitrogens with one attached hydrogen (secondary N) is 1. The lowest BCUT2D eigenvalue weighted by molar-refractivity contribution is 0.129. The van der Waals surface area contributed by atoms with Gasteiger partial charge in [-0.15, -0.1) is 0 Å². The zero-order valence-electron chi connectivity index (χ0n) is 15.1. The molecule has 27 heavy (non-hydrogen) atoms. The standard InChI is InChI=1S/C21H24N4O2/c26-10-8-22-20-12-21(24-14-23-20)25-9-7-18(19(27)13-25)17-6-5-15-3-1-2-4-16(15)11-17/h1-6,11-12,14,18-19,26-27H,7-10,13H2,(H,22,23,24)/t18-,19+/m0/s1. The van der Waals surface area contributed by atoms with E-state index in [0.29, 0.717) is 18.9 Å². The Labute approximate surface area is 158 Å². The summed E-state index contributed by atoms with van der Waals surface area (Å²) < 4.78 is 0. The molecule has 2 atom stereocenters. The van der Waals surface area contributed by atoms with E-state index < -0.39 is 6.10 Å². The number of aliphatic hydroxyl groups is 2. The lowest BCUT2D eigenvalue weighted by Crippen LogP contribution is -2.43. The van der Waals surface area contributed by atoms with Crippen LogP contribution in [0, 0.1) is 0 Å². The Morgan fingerprint density at radius 3 is 2.74 bits per heavy atom. The van der Waals surface area contributed by atoms with Crippen LogP contribution in [-0.2, 0) is 0 Å². The summed E-state index contributed by atoms with van der Waals surface area (Å²) in [7, 11) is 0. The Kier molecular flexibility index (Phi) is 5.18. The molecule has 0 radical (unpaired) electrons. The zero-order valence-corrected chi connectivity index (χ0v) is 15.1. The van der Waals surface area contributed by atoms with E-state index in [1.165, 1.54) is 22.7 Å². The highest BCUT2D eigenvalue weighted by Gasteiger charge is 2.29. The second-order valence-electron chi connectivity index (χ2n) is 6.93. The molecule has 140 valence electrons. The molecule has 1 aromatic heterocycles. The van der Waals surface area contributed by atoms with Gasteiger partial charge in [0.2, 0.25) is 0 Å². The molecule has 2 aromatic carbocycles. The molecule has 2 heterocycles. The Balaban J connectivity index is 1.48. The molecular weight excluding hydrogens is 340 g/mol. The highest BCUT2D eigenvalue weighted by atomic mass is 16.3. The molecule has 6 heteroatoms. The first-order valence-electron chi connectivity index (χ1n) is 9.33. The van der Waals surface area contributed by atoms with Crippen LogP contribution in [0.25, 0.3) is 10.8 Å². The fraction of sp³-hybridized carbons (Fsp3) is 0.333. The van der Waals surface area contributed by atoms with Crippen LogP contribution in [0.3, 0.4) is 0 Å². The van der Waals surface area contributed by atoms with E-state index in [-0.39, 0.29) is 12.5 Å². The molecule has 0 saturated carbocycles. The zero-order chi connectivity index (χ0) is 18.6. The van der Waals surface area contributed by atoms with E-state index in [1.54, 1.807) is 0 Å².